The second-order valence-corrected chi connectivity index (χ2v) is 4.93. The molecule has 1 aliphatic carbocycles. The van der Waals surface area contributed by atoms with Crippen LogP contribution in [0.25, 0.3) is 11.5 Å². The molecule has 0 unspecified atom stereocenters. The molecule has 1 N–H and O–H groups in total. The SMILES string of the molecule is O=C(NCCc1noc(-c2cccnc2)n1)C1CCC1. The van der Waals surface area contributed by atoms with Crippen molar-refractivity contribution in [2.24, 2.45) is 5.92 Å². The quantitative estimate of drug-likeness (QED) is 0.894. The fourth-order valence-electron chi connectivity index (χ4n) is 2.07. The molecule has 20 heavy (non-hydrogen) atoms. The van der Waals surface area contributed by atoms with Crippen LogP contribution in [0, 0.1) is 5.92 Å². The molecular formula is C14H16N4O2. The molecule has 1 amide bonds. The average Bonchev–Trinajstić information content (AvgIpc) is 2.86. The van der Waals surface area contributed by atoms with Crippen molar-refractivity contribution in [3.05, 3.63) is 30.4 Å². The lowest BCUT2D eigenvalue weighted by atomic mass is 9.85. The maximum absolute atomic E-state index is 11.7. The molecule has 104 valence electrons. The fraction of sp³-hybridized carbons (Fsp3) is 0.429. The third-order valence-electron chi connectivity index (χ3n) is 3.50. The summed E-state index contributed by atoms with van der Waals surface area (Å²) in [4.78, 5) is 20.0. The normalized spacial score (nSPS) is 14.8. The number of hydrogen-bond acceptors (Lipinski definition) is 5. The number of carbonyl (C=O) groups excluding carboxylic acids is 1. The summed E-state index contributed by atoms with van der Waals surface area (Å²) in [5.41, 5.74) is 0.796. The average molecular weight is 272 g/mol. The van der Waals surface area contributed by atoms with Crippen LogP contribution in [0.3, 0.4) is 0 Å². The predicted molar refractivity (Wildman–Crippen MR) is 71.6 cm³/mol. The van der Waals surface area contributed by atoms with Crippen LogP contribution in [0.4, 0.5) is 0 Å². The molecule has 0 spiro atoms. The zero-order valence-electron chi connectivity index (χ0n) is 11.1. The fourth-order valence-corrected chi connectivity index (χ4v) is 2.07. The standard InChI is InChI=1S/C14H16N4O2/c19-13(10-3-1-4-10)16-8-6-12-17-14(20-18-12)11-5-2-7-15-9-11/h2,5,7,9-10H,1,3-4,6,8H2,(H,16,19). The van der Waals surface area contributed by atoms with Gasteiger partial charge in [0.25, 0.3) is 5.89 Å². The number of carbonyl (C=O) groups is 1. The van der Waals surface area contributed by atoms with E-state index in [4.69, 9.17) is 4.52 Å². The van der Waals surface area contributed by atoms with Gasteiger partial charge in [0, 0.05) is 31.3 Å². The highest BCUT2D eigenvalue weighted by Gasteiger charge is 2.24. The van der Waals surface area contributed by atoms with E-state index in [0.717, 1.165) is 24.8 Å². The van der Waals surface area contributed by atoms with Crippen LogP contribution >= 0.6 is 0 Å². The smallest absolute Gasteiger partial charge is 0.259 e. The largest absolute Gasteiger partial charge is 0.355 e. The van der Waals surface area contributed by atoms with Crippen LogP contribution < -0.4 is 5.32 Å². The summed E-state index contributed by atoms with van der Waals surface area (Å²) in [6, 6.07) is 3.68. The summed E-state index contributed by atoms with van der Waals surface area (Å²) in [6.45, 7) is 0.543. The summed E-state index contributed by atoms with van der Waals surface area (Å²) in [6.07, 6.45) is 7.13. The van der Waals surface area contributed by atoms with Crippen molar-refractivity contribution in [3.8, 4) is 11.5 Å². The lowest BCUT2D eigenvalue weighted by Crippen LogP contribution is -2.35. The van der Waals surface area contributed by atoms with Crippen LogP contribution in [0.2, 0.25) is 0 Å². The van der Waals surface area contributed by atoms with Gasteiger partial charge >= 0.3 is 0 Å². The molecule has 0 aromatic carbocycles. The monoisotopic (exact) mass is 272 g/mol. The lowest BCUT2D eigenvalue weighted by Gasteiger charge is -2.23. The first-order valence-corrected chi connectivity index (χ1v) is 6.83. The molecule has 0 radical (unpaired) electrons. The summed E-state index contributed by atoms with van der Waals surface area (Å²) in [5, 5.41) is 6.81. The van der Waals surface area contributed by atoms with E-state index in [0.29, 0.717) is 24.7 Å². The number of aromatic nitrogens is 3. The van der Waals surface area contributed by atoms with Gasteiger partial charge in [-0.15, -0.1) is 0 Å². The van der Waals surface area contributed by atoms with Gasteiger partial charge in [0.15, 0.2) is 5.82 Å². The van der Waals surface area contributed by atoms with E-state index in [9.17, 15) is 4.79 Å². The van der Waals surface area contributed by atoms with Crippen molar-refractivity contribution in [2.45, 2.75) is 25.7 Å². The number of amides is 1. The van der Waals surface area contributed by atoms with Gasteiger partial charge in [-0.1, -0.05) is 11.6 Å². The van der Waals surface area contributed by atoms with E-state index in [1.54, 1.807) is 12.4 Å². The van der Waals surface area contributed by atoms with Crippen molar-refractivity contribution in [3.63, 3.8) is 0 Å². The Kier molecular flexibility index (Phi) is 3.71. The van der Waals surface area contributed by atoms with Crippen molar-refractivity contribution < 1.29 is 9.32 Å². The zero-order chi connectivity index (χ0) is 13.8. The Morgan fingerprint density at radius 2 is 2.35 bits per heavy atom. The van der Waals surface area contributed by atoms with Crippen LogP contribution in [-0.4, -0.2) is 27.6 Å². The van der Waals surface area contributed by atoms with Crippen LogP contribution in [0.5, 0.6) is 0 Å². The van der Waals surface area contributed by atoms with E-state index >= 15 is 0 Å². The second-order valence-electron chi connectivity index (χ2n) is 4.93. The van der Waals surface area contributed by atoms with Gasteiger partial charge in [-0.2, -0.15) is 4.98 Å². The van der Waals surface area contributed by atoms with Gasteiger partial charge in [0.2, 0.25) is 5.91 Å². The van der Waals surface area contributed by atoms with Crippen molar-refractivity contribution in [2.75, 3.05) is 6.54 Å². The maximum Gasteiger partial charge on any atom is 0.259 e. The number of pyridine rings is 1. The number of hydrogen-bond donors (Lipinski definition) is 1. The molecule has 0 atom stereocenters. The molecule has 0 bridgehead atoms. The summed E-state index contributed by atoms with van der Waals surface area (Å²) in [5.74, 6) is 1.41. The van der Waals surface area contributed by atoms with Crippen LogP contribution in [-0.2, 0) is 11.2 Å². The van der Waals surface area contributed by atoms with E-state index < -0.39 is 0 Å². The predicted octanol–water partition coefficient (Wildman–Crippen LogP) is 1.59. The van der Waals surface area contributed by atoms with Gasteiger partial charge in [0.05, 0.1) is 5.56 Å². The molecule has 0 saturated heterocycles. The Bertz CT molecular complexity index is 578. The minimum absolute atomic E-state index is 0.146. The summed E-state index contributed by atoms with van der Waals surface area (Å²) >= 11 is 0. The Morgan fingerprint density at radius 1 is 1.45 bits per heavy atom. The van der Waals surface area contributed by atoms with Gasteiger partial charge in [0.1, 0.15) is 0 Å². The highest BCUT2D eigenvalue weighted by molar-refractivity contribution is 5.79. The Balaban J connectivity index is 1.51. The first-order chi connectivity index (χ1) is 9.83. The number of nitrogens with one attached hydrogen (secondary N) is 1. The first-order valence-electron chi connectivity index (χ1n) is 6.83. The minimum atomic E-state index is 0.146. The summed E-state index contributed by atoms with van der Waals surface area (Å²) in [7, 11) is 0. The molecule has 1 saturated carbocycles. The highest BCUT2D eigenvalue weighted by Crippen LogP contribution is 2.26. The Hall–Kier alpha value is -2.24. The third-order valence-corrected chi connectivity index (χ3v) is 3.50. The second kappa shape index (κ2) is 5.81. The van der Waals surface area contributed by atoms with E-state index in [2.05, 4.69) is 20.4 Å². The third kappa shape index (κ3) is 2.84. The van der Waals surface area contributed by atoms with Gasteiger partial charge < -0.3 is 9.84 Å². The first kappa shape index (κ1) is 12.8. The number of nitrogens with zero attached hydrogens (tertiary/aromatic N) is 3. The van der Waals surface area contributed by atoms with Crippen molar-refractivity contribution >= 4 is 5.91 Å². The van der Waals surface area contributed by atoms with E-state index in [1.165, 1.54) is 0 Å². The Morgan fingerprint density at radius 3 is 3.05 bits per heavy atom. The summed E-state index contributed by atoms with van der Waals surface area (Å²) < 4.78 is 5.17. The van der Waals surface area contributed by atoms with Crippen molar-refractivity contribution in [1.29, 1.82) is 0 Å². The van der Waals surface area contributed by atoms with E-state index in [1.807, 2.05) is 12.1 Å². The highest BCUT2D eigenvalue weighted by atomic mass is 16.5. The molecule has 0 aliphatic heterocycles. The molecule has 1 fully saturated rings. The van der Waals surface area contributed by atoms with Gasteiger partial charge in [-0.3, -0.25) is 9.78 Å². The molecule has 6 heteroatoms. The van der Waals surface area contributed by atoms with Gasteiger partial charge in [-0.25, -0.2) is 0 Å². The lowest BCUT2D eigenvalue weighted by molar-refractivity contribution is -0.127. The molecular weight excluding hydrogens is 256 g/mol. The topological polar surface area (TPSA) is 80.9 Å². The Labute approximate surface area is 116 Å². The van der Waals surface area contributed by atoms with E-state index in [-0.39, 0.29) is 11.8 Å². The molecule has 1 aliphatic rings. The minimum Gasteiger partial charge on any atom is -0.355 e. The van der Waals surface area contributed by atoms with Crippen LogP contribution in [0.1, 0.15) is 25.1 Å². The van der Waals surface area contributed by atoms with Crippen molar-refractivity contribution in [1.82, 2.24) is 20.4 Å². The number of rotatable bonds is 5. The molecule has 2 aromatic rings. The maximum atomic E-state index is 11.7. The molecule has 3 rings (SSSR count). The van der Waals surface area contributed by atoms with Crippen LogP contribution in [0.15, 0.2) is 29.0 Å². The molecule has 2 heterocycles. The zero-order valence-corrected chi connectivity index (χ0v) is 11.1. The van der Waals surface area contributed by atoms with Gasteiger partial charge in [-0.05, 0) is 25.0 Å². The molecule has 6 nitrogen and oxygen atoms in total. The molecule has 2 aromatic heterocycles.